The third kappa shape index (κ3) is 5.41. The zero-order valence-corrected chi connectivity index (χ0v) is 18.8. The second-order valence-corrected chi connectivity index (χ2v) is 8.35. The minimum atomic E-state index is -4.54. The van der Waals surface area contributed by atoms with E-state index in [1.165, 1.54) is 36.9 Å². The summed E-state index contributed by atoms with van der Waals surface area (Å²) in [5.74, 6) is -0.552. The molecule has 4 heterocycles. The quantitative estimate of drug-likeness (QED) is 0.540. The third-order valence-electron chi connectivity index (χ3n) is 5.45. The van der Waals surface area contributed by atoms with Gasteiger partial charge in [-0.3, -0.25) is 19.4 Å². The van der Waals surface area contributed by atoms with E-state index in [1.54, 1.807) is 4.90 Å². The zero-order chi connectivity index (χ0) is 24.3. The fraction of sp³-hybridized carbons (Fsp3) is 0.364. The molecule has 1 amide bonds. The Morgan fingerprint density at radius 1 is 1.18 bits per heavy atom. The van der Waals surface area contributed by atoms with E-state index in [9.17, 15) is 23.1 Å². The van der Waals surface area contributed by atoms with Gasteiger partial charge in [-0.1, -0.05) is 24.4 Å². The molecule has 1 aliphatic heterocycles. The van der Waals surface area contributed by atoms with Crippen LogP contribution in [-0.4, -0.2) is 59.9 Å². The molecule has 34 heavy (non-hydrogen) atoms. The van der Waals surface area contributed by atoms with Crippen LogP contribution in [0.3, 0.4) is 0 Å². The van der Waals surface area contributed by atoms with Crippen molar-refractivity contribution in [2.24, 2.45) is 0 Å². The summed E-state index contributed by atoms with van der Waals surface area (Å²) < 4.78 is 40.7. The number of likely N-dealkylation sites (tertiary alicyclic amines) is 1. The number of hydrogen-bond acceptors (Lipinski definition) is 5. The van der Waals surface area contributed by atoms with Gasteiger partial charge >= 0.3 is 6.18 Å². The van der Waals surface area contributed by atoms with E-state index in [-0.39, 0.29) is 39.3 Å². The second-order valence-electron chi connectivity index (χ2n) is 7.94. The van der Waals surface area contributed by atoms with E-state index in [1.807, 2.05) is 0 Å². The lowest BCUT2D eigenvalue weighted by atomic mass is 10.2. The number of halogens is 4. The number of nitrogens with one attached hydrogen (secondary N) is 1. The average molecular weight is 495 g/mol. The van der Waals surface area contributed by atoms with Crippen LogP contribution in [0, 0.1) is 0 Å². The van der Waals surface area contributed by atoms with Crippen LogP contribution in [0.15, 0.2) is 36.9 Å². The molecule has 0 saturated carbocycles. The molecule has 8 nitrogen and oxygen atoms in total. The van der Waals surface area contributed by atoms with E-state index in [4.69, 9.17) is 11.6 Å². The Morgan fingerprint density at radius 3 is 2.62 bits per heavy atom. The van der Waals surface area contributed by atoms with Gasteiger partial charge in [0.1, 0.15) is 23.7 Å². The summed E-state index contributed by atoms with van der Waals surface area (Å²) in [4.78, 5) is 25.8. The van der Waals surface area contributed by atoms with Crippen molar-refractivity contribution in [2.75, 3.05) is 13.1 Å². The Balaban J connectivity index is 1.84. The highest BCUT2D eigenvalue weighted by molar-refractivity contribution is 6.31. The second kappa shape index (κ2) is 9.88. The number of carbonyl (C=O) groups is 1. The van der Waals surface area contributed by atoms with Crippen molar-refractivity contribution in [3.63, 3.8) is 0 Å². The van der Waals surface area contributed by atoms with E-state index >= 15 is 0 Å². The van der Waals surface area contributed by atoms with E-state index in [0.29, 0.717) is 18.5 Å². The lowest BCUT2D eigenvalue weighted by molar-refractivity contribution is -0.141. The van der Waals surface area contributed by atoms with Crippen molar-refractivity contribution in [3.05, 3.63) is 47.6 Å². The standard InChI is InChI=1S/C22H22ClF3N6O2/c23-15-11-29-17(12-27-6-5-19(15)33)20-14-10-28-16(21(34)31-7-3-1-2-4-8-31)9-18(14)32(30-20)13-22(24,25)26/h5-6,9-12,29,33H,1-4,7-8,13H2. The number of aromatic amines is 1. The predicted octanol–water partition coefficient (Wildman–Crippen LogP) is 4.88. The van der Waals surface area contributed by atoms with Gasteiger partial charge in [0, 0.05) is 37.1 Å². The Kier molecular flexibility index (Phi) is 6.92. The molecule has 0 aromatic carbocycles. The molecule has 2 N–H and O–H groups in total. The molecule has 0 aliphatic carbocycles. The van der Waals surface area contributed by atoms with Crippen molar-refractivity contribution < 1.29 is 23.1 Å². The maximum atomic E-state index is 13.3. The number of alkyl halides is 3. The van der Waals surface area contributed by atoms with Gasteiger partial charge in [0.25, 0.3) is 5.91 Å². The number of H-pyrrole nitrogens is 1. The van der Waals surface area contributed by atoms with Crippen LogP contribution in [0.4, 0.5) is 13.2 Å². The number of fused-ring (bicyclic) bond motifs is 1. The van der Waals surface area contributed by atoms with E-state index in [0.717, 1.165) is 30.4 Å². The number of carbonyl (C=O) groups excluding carboxylic acids is 1. The van der Waals surface area contributed by atoms with E-state index in [2.05, 4.69) is 20.1 Å². The van der Waals surface area contributed by atoms with Crippen molar-refractivity contribution in [1.82, 2.24) is 29.6 Å². The lowest BCUT2D eigenvalue weighted by Gasteiger charge is -2.19. The number of amides is 1. The number of aromatic hydroxyl groups is 1. The first kappa shape index (κ1) is 23.8. The maximum Gasteiger partial charge on any atom is 0.408 e. The first-order valence-corrected chi connectivity index (χ1v) is 11.1. The largest absolute Gasteiger partial charge is 0.506 e. The van der Waals surface area contributed by atoms with Gasteiger partial charge in [-0.25, -0.2) is 0 Å². The third-order valence-corrected chi connectivity index (χ3v) is 5.76. The smallest absolute Gasteiger partial charge is 0.408 e. The minimum absolute atomic E-state index is 0.0262. The Labute approximate surface area is 197 Å². The molecule has 0 bridgehead atoms. The van der Waals surface area contributed by atoms with Gasteiger partial charge in [-0.05, 0) is 25.0 Å². The first-order chi connectivity index (χ1) is 16.2. The van der Waals surface area contributed by atoms with Crippen LogP contribution in [0.2, 0.25) is 5.02 Å². The first-order valence-electron chi connectivity index (χ1n) is 10.7. The molecule has 0 atom stereocenters. The van der Waals surface area contributed by atoms with Gasteiger partial charge in [0.2, 0.25) is 0 Å². The molecule has 3 aromatic heterocycles. The van der Waals surface area contributed by atoms with Crippen LogP contribution in [0.25, 0.3) is 22.3 Å². The van der Waals surface area contributed by atoms with Crippen LogP contribution in [0.1, 0.15) is 36.2 Å². The molecule has 4 rings (SSSR count). The molecule has 1 saturated heterocycles. The van der Waals surface area contributed by atoms with Crippen LogP contribution in [-0.2, 0) is 6.54 Å². The summed E-state index contributed by atoms with van der Waals surface area (Å²) in [7, 11) is 0. The van der Waals surface area contributed by atoms with Gasteiger partial charge in [0.05, 0.1) is 22.4 Å². The predicted molar refractivity (Wildman–Crippen MR) is 120 cm³/mol. The summed E-state index contributed by atoms with van der Waals surface area (Å²) in [6, 6.07) is 2.61. The van der Waals surface area contributed by atoms with Crippen molar-refractivity contribution in [2.45, 2.75) is 38.4 Å². The lowest BCUT2D eigenvalue weighted by Crippen LogP contribution is -2.32. The van der Waals surface area contributed by atoms with Crippen LogP contribution in [0.5, 0.6) is 5.75 Å². The van der Waals surface area contributed by atoms with Gasteiger partial charge in [-0.15, -0.1) is 0 Å². The molecule has 0 unspecified atom stereocenters. The molecule has 12 heteroatoms. The molecular formula is C22H22ClF3N6O2. The van der Waals surface area contributed by atoms with Crippen molar-refractivity contribution >= 4 is 28.4 Å². The van der Waals surface area contributed by atoms with Gasteiger partial charge < -0.3 is 15.0 Å². The fourth-order valence-electron chi connectivity index (χ4n) is 3.80. The van der Waals surface area contributed by atoms with Crippen molar-refractivity contribution in [1.29, 1.82) is 0 Å². The fourth-order valence-corrected chi connectivity index (χ4v) is 3.92. The summed E-state index contributed by atoms with van der Waals surface area (Å²) in [5, 5.41) is 14.2. The topological polar surface area (TPSA) is 99.9 Å². The number of nitrogens with zero attached hydrogens (tertiary/aromatic N) is 5. The number of hydrogen-bond donors (Lipinski definition) is 2. The molecule has 3 aromatic rings. The van der Waals surface area contributed by atoms with Crippen molar-refractivity contribution in [3.8, 4) is 17.1 Å². The molecule has 180 valence electrons. The summed E-state index contributed by atoms with van der Waals surface area (Å²) in [6.07, 6.45) is 4.53. The van der Waals surface area contributed by atoms with Crippen LogP contribution < -0.4 is 0 Å². The van der Waals surface area contributed by atoms with E-state index < -0.39 is 12.7 Å². The van der Waals surface area contributed by atoms with Gasteiger partial charge in [-0.2, -0.15) is 18.3 Å². The number of aromatic nitrogens is 5. The molecule has 1 aliphatic rings. The SMILES string of the molecule is O=C(c1cc2c(cn1)c(-c1cnccc(O)c(Cl)c[nH]1)nn2CC(F)(F)F)N1CCCCCC1. The highest BCUT2D eigenvalue weighted by Gasteiger charge is 2.31. The number of rotatable bonds is 3. The monoisotopic (exact) mass is 494 g/mol. The molecule has 1 fully saturated rings. The normalized spacial score (nSPS) is 14.6. The summed E-state index contributed by atoms with van der Waals surface area (Å²) >= 11 is 5.98. The number of pyridine rings is 1. The summed E-state index contributed by atoms with van der Waals surface area (Å²) in [6.45, 7) is -0.164. The summed E-state index contributed by atoms with van der Waals surface area (Å²) in [5.41, 5.74) is 0.551. The zero-order valence-electron chi connectivity index (χ0n) is 18.0. The highest BCUT2D eigenvalue weighted by atomic mass is 35.5. The molecular weight excluding hydrogens is 473 g/mol. The minimum Gasteiger partial charge on any atom is -0.506 e. The highest BCUT2D eigenvalue weighted by Crippen LogP contribution is 2.29. The Morgan fingerprint density at radius 2 is 1.91 bits per heavy atom. The Bertz CT molecular complexity index is 1250. The molecule has 0 spiro atoms. The van der Waals surface area contributed by atoms with Crippen LogP contribution >= 0.6 is 11.6 Å². The average Bonchev–Trinajstić information content (AvgIpc) is 2.97. The maximum absolute atomic E-state index is 13.3. The molecule has 0 radical (unpaired) electrons. The Hall–Kier alpha value is -3.34. The van der Waals surface area contributed by atoms with Gasteiger partial charge in [0.15, 0.2) is 0 Å².